The van der Waals surface area contributed by atoms with E-state index in [-0.39, 0.29) is 23.7 Å². The lowest BCUT2D eigenvalue weighted by molar-refractivity contribution is -0.120. The Labute approximate surface area is 127 Å². The van der Waals surface area contributed by atoms with Crippen molar-refractivity contribution >= 4 is 18.3 Å². The molecule has 5 heteroatoms. The number of carbonyl (C=O) groups is 1. The van der Waals surface area contributed by atoms with Crippen molar-refractivity contribution in [1.82, 2.24) is 10.6 Å². The SMILES string of the molecule is CNCC(=O)NCCOc1cccc(C(C)(C)C)c1.Cl. The standard InChI is InChI=1S/C15H24N2O2.ClH/c1-15(2,3)12-6-5-7-13(10-12)19-9-8-17-14(18)11-16-4;/h5-7,10,16H,8-9,11H2,1-4H3,(H,17,18);1H. The van der Waals surface area contributed by atoms with E-state index in [1.54, 1.807) is 7.05 Å². The van der Waals surface area contributed by atoms with Crippen molar-refractivity contribution in [2.24, 2.45) is 0 Å². The number of rotatable bonds is 6. The molecule has 20 heavy (non-hydrogen) atoms. The number of nitrogens with one attached hydrogen (secondary N) is 2. The predicted octanol–water partition coefficient (Wildman–Crippen LogP) is 2.12. The van der Waals surface area contributed by atoms with Crippen molar-refractivity contribution in [3.8, 4) is 5.75 Å². The summed E-state index contributed by atoms with van der Waals surface area (Å²) in [6, 6.07) is 8.08. The zero-order valence-electron chi connectivity index (χ0n) is 12.7. The van der Waals surface area contributed by atoms with Gasteiger partial charge in [-0.2, -0.15) is 0 Å². The van der Waals surface area contributed by atoms with Crippen molar-refractivity contribution in [3.63, 3.8) is 0 Å². The van der Waals surface area contributed by atoms with Gasteiger partial charge in [-0.3, -0.25) is 4.79 Å². The molecule has 1 amide bonds. The molecular weight excluding hydrogens is 276 g/mol. The van der Waals surface area contributed by atoms with Gasteiger partial charge in [0.05, 0.1) is 13.1 Å². The molecule has 0 aromatic heterocycles. The van der Waals surface area contributed by atoms with Gasteiger partial charge in [0.25, 0.3) is 0 Å². The number of hydrogen-bond acceptors (Lipinski definition) is 3. The van der Waals surface area contributed by atoms with Crippen molar-refractivity contribution in [3.05, 3.63) is 29.8 Å². The second kappa shape index (κ2) is 8.82. The maximum absolute atomic E-state index is 11.2. The Kier molecular flexibility index (Phi) is 8.26. The third kappa shape index (κ3) is 6.78. The Morgan fingerprint density at radius 1 is 1.30 bits per heavy atom. The zero-order chi connectivity index (χ0) is 14.3. The summed E-state index contributed by atoms with van der Waals surface area (Å²) in [5.41, 5.74) is 1.35. The third-order valence-electron chi connectivity index (χ3n) is 2.73. The molecule has 0 saturated carbocycles. The van der Waals surface area contributed by atoms with Crippen LogP contribution < -0.4 is 15.4 Å². The number of halogens is 1. The molecule has 0 bridgehead atoms. The first-order valence-corrected chi connectivity index (χ1v) is 6.58. The van der Waals surface area contributed by atoms with Gasteiger partial charge in [0.2, 0.25) is 5.91 Å². The second-order valence-corrected chi connectivity index (χ2v) is 5.51. The van der Waals surface area contributed by atoms with Gasteiger partial charge in [0.1, 0.15) is 12.4 Å². The number of amides is 1. The monoisotopic (exact) mass is 300 g/mol. The van der Waals surface area contributed by atoms with Gasteiger partial charge in [-0.05, 0) is 30.2 Å². The maximum atomic E-state index is 11.2. The Bertz CT molecular complexity index is 417. The zero-order valence-corrected chi connectivity index (χ0v) is 13.5. The van der Waals surface area contributed by atoms with E-state index in [2.05, 4.69) is 43.5 Å². The van der Waals surface area contributed by atoms with Crippen LogP contribution in [0, 0.1) is 0 Å². The van der Waals surface area contributed by atoms with Crippen LogP contribution in [0.3, 0.4) is 0 Å². The Hall–Kier alpha value is -1.26. The van der Waals surface area contributed by atoms with Crippen molar-refractivity contribution < 1.29 is 9.53 Å². The van der Waals surface area contributed by atoms with Crippen LogP contribution in [-0.2, 0) is 10.2 Å². The number of carbonyl (C=O) groups excluding carboxylic acids is 1. The highest BCUT2D eigenvalue weighted by Gasteiger charge is 2.13. The predicted molar refractivity (Wildman–Crippen MR) is 84.8 cm³/mol. The second-order valence-electron chi connectivity index (χ2n) is 5.51. The van der Waals surface area contributed by atoms with Gasteiger partial charge in [-0.1, -0.05) is 32.9 Å². The van der Waals surface area contributed by atoms with E-state index in [9.17, 15) is 4.79 Å². The van der Waals surface area contributed by atoms with Crippen LogP contribution in [-0.4, -0.2) is 32.7 Å². The van der Waals surface area contributed by atoms with E-state index >= 15 is 0 Å². The lowest BCUT2D eigenvalue weighted by Crippen LogP contribution is -2.34. The number of benzene rings is 1. The van der Waals surface area contributed by atoms with Crippen molar-refractivity contribution in [2.45, 2.75) is 26.2 Å². The molecule has 0 spiro atoms. The first-order valence-electron chi connectivity index (χ1n) is 6.58. The number of likely N-dealkylation sites (N-methyl/N-ethyl adjacent to an activating group) is 1. The molecule has 0 heterocycles. The highest BCUT2D eigenvalue weighted by Crippen LogP contribution is 2.25. The van der Waals surface area contributed by atoms with Gasteiger partial charge in [0.15, 0.2) is 0 Å². The van der Waals surface area contributed by atoms with E-state index in [0.717, 1.165) is 5.75 Å². The van der Waals surface area contributed by atoms with Crippen molar-refractivity contribution in [1.29, 1.82) is 0 Å². The summed E-state index contributed by atoms with van der Waals surface area (Å²) in [4.78, 5) is 11.2. The Morgan fingerprint density at radius 2 is 2.00 bits per heavy atom. The van der Waals surface area contributed by atoms with E-state index in [1.807, 2.05) is 12.1 Å². The molecule has 1 rings (SSSR count). The van der Waals surface area contributed by atoms with Gasteiger partial charge in [-0.15, -0.1) is 12.4 Å². The fraction of sp³-hybridized carbons (Fsp3) is 0.533. The molecule has 1 aromatic rings. The summed E-state index contributed by atoms with van der Waals surface area (Å²) in [7, 11) is 1.74. The van der Waals surface area contributed by atoms with Gasteiger partial charge < -0.3 is 15.4 Å². The van der Waals surface area contributed by atoms with Gasteiger partial charge in [-0.25, -0.2) is 0 Å². The maximum Gasteiger partial charge on any atom is 0.234 e. The molecular formula is C15H25ClN2O2. The molecule has 0 aliphatic rings. The van der Waals surface area contributed by atoms with E-state index < -0.39 is 0 Å². The minimum absolute atomic E-state index is 0. The normalized spacial score (nSPS) is 10.6. The molecule has 0 saturated heterocycles. The summed E-state index contributed by atoms with van der Waals surface area (Å²) in [5, 5.41) is 5.57. The van der Waals surface area contributed by atoms with E-state index in [1.165, 1.54) is 5.56 Å². The summed E-state index contributed by atoms with van der Waals surface area (Å²) in [6.07, 6.45) is 0. The van der Waals surface area contributed by atoms with Crippen LogP contribution in [0.1, 0.15) is 26.3 Å². The molecule has 0 radical (unpaired) electrons. The lowest BCUT2D eigenvalue weighted by Gasteiger charge is -2.19. The fourth-order valence-electron chi connectivity index (χ4n) is 1.63. The third-order valence-corrected chi connectivity index (χ3v) is 2.73. The highest BCUT2D eigenvalue weighted by atomic mass is 35.5. The largest absolute Gasteiger partial charge is 0.492 e. The van der Waals surface area contributed by atoms with Crippen LogP contribution in [0.2, 0.25) is 0 Å². The molecule has 2 N–H and O–H groups in total. The molecule has 114 valence electrons. The summed E-state index contributed by atoms with van der Waals surface area (Å²) in [6.45, 7) is 7.83. The molecule has 0 aliphatic heterocycles. The molecule has 0 atom stereocenters. The summed E-state index contributed by atoms with van der Waals surface area (Å²) in [5.74, 6) is 0.824. The minimum Gasteiger partial charge on any atom is -0.492 e. The summed E-state index contributed by atoms with van der Waals surface area (Å²) < 4.78 is 5.64. The molecule has 1 aromatic carbocycles. The average molecular weight is 301 g/mol. The minimum atomic E-state index is -0.0189. The highest BCUT2D eigenvalue weighted by molar-refractivity contribution is 5.85. The Balaban J connectivity index is 0.00000361. The average Bonchev–Trinajstić information content (AvgIpc) is 2.34. The molecule has 0 unspecified atom stereocenters. The number of ether oxygens (including phenoxy) is 1. The fourth-order valence-corrected chi connectivity index (χ4v) is 1.63. The molecule has 0 aliphatic carbocycles. The smallest absolute Gasteiger partial charge is 0.234 e. The van der Waals surface area contributed by atoms with Crippen LogP contribution in [0.4, 0.5) is 0 Å². The lowest BCUT2D eigenvalue weighted by atomic mass is 9.87. The quantitative estimate of drug-likeness (QED) is 0.791. The number of hydrogen-bond donors (Lipinski definition) is 2. The van der Waals surface area contributed by atoms with Gasteiger partial charge in [0, 0.05) is 0 Å². The van der Waals surface area contributed by atoms with Crippen molar-refractivity contribution in [2.75, 3.05) is 26.7 Å². The van der Waals surface area contributed by atoms with Crippen LogP contribution in [0.25, 0.3) is 0 Å². The van der Waals surface area contributed by atoms with Crippen LogP contribution >= 0.6 is 12.4 Å². The molecule has 4 nitrogen and oxygen atoms in total. The molecule has 0 fully saturated rings. The van der Waals surface area contributed by atoms with E-state index in [0.29, 0.717) is 19.7 Å². The summed E-state index contributed by atoms with van der Waals surface area (Å²) >= 11 is 0. The van der Waals surface area contributed by atoms with Crippen LogP contribution in [0.15, 0.2) is 24.3 Å². The van der Waals surface area contributed by atoms with Crippen LogP contribution in [0.5, 0.6) is 5.75 Å². The first-order chi connectivity index (χ1) is 8.93. The van der Waals surface area contributed by atoms with Gasteiger partial charge >= 0.3 is 0 Å². The Morgan fingerprint density at radius 3 is 2.60 bits per heavy atom. The topological polar surface area (TPSA) is 50.4 Å². The first kappa shape index (κ1) is 18.7. The van der Waals surface area contributed by atoms with E-state index in [4.69, 9.17) is 4.74 Å².